The van der Waals surface area contributed by atoms with E-state index in [0.29, 0.717) is 5.56 Å². The number of benzene rings is 1. The first-order chi connectivity index (χ1) is 10.3. The number of nitriles is 1. The van der Waals surface area contributed by atoms with E-state index in [0.717, 1.165) is 22.7 Å². The van der Waals surface area contributed by atoms with Crippen molar-refractivity contribution < 1.29 is 0 Å². The first-order valence-corrected chi connectivity index (χ1v) is 7.91. The quantitative estimate of drug-likeness (QED) is 0.670. The number of aromatic nitrogens is 2. The lowest BCUT2D eigenvalue weighted by atomic mass is 10.1. The SMILES string of the molecule is CCCSc1ccc2nc(-c3ccc(C#N)cc3)cn2c1. The number of imidazole rings is 1. The van der Waals surface area contributed by atoms with Crippen LogP contribution in [-0.4, -0.2) is 15.1 Å². The number of fused-ring (bicyclic) bond motifs is 1. The highest BCUT2D eigenvalue weighted by Crippen LogP contribution is 2.23. The van der Waals surface area contributed by atoms with Gasteiger partial charge in [-0.1, -0.05) is 19.1 Å². The fourth-order valence-corrected chi connectivity index (χ4v) is 2.92. The molecule has 0 bridgehead atoms. The van der Waals surface area contributed by atoms with Crippen molar-refractivity contribution in [3.63, 3.8) is 0 Å². The zero-order chi connectivity index (χ0) is 14.7. The van der Waals surface area contributed by atoms with Gasteiger partial charge in [0.25, 0.3) is 0 Å². The van der Waals surface area contributed by atoms with Crippen molar-refractivity contribution >= 4 is 17.4 Å². The van der Waals surface area contributed by atoms with Gasteiger partial charge in [0.05, 0.1) is 17.3 Å². The standard InChI is InChI=1S/C17H15N3S/c1-2-9-21-15-7-8-17-19-16(12-20(17)11-15)14-5-3-13(10-18)4-6-14/h3-8,11-12H,2,9H2,1H3. The molecule has 0 radical (unpaired) electrons. The van der Waals surface area contributed by atoms with Crippen LogP contribution in [0.5, 0.6) is 0 Å². The van der Waals surface area contributed by atoms with Gasteiger partial charge in [-0.3, -0.25) is 0 Å². The Morgan fingerprint density at radius 1 is 1.14 bits per heavy atom. The van der Waals surface area contributed by atoms with E-state index in [2.05, 4.69) is 34.6 Å². The van der Waals surface area contributed by atoms with Crippen LogP contribution in [0.2, 0.25) is 0 Å². The van der Waals surface area contributed by atoms with Crippen molar-refractivity contribution in [2.45, 2.75) is 18.2 Å². The number of rotatable bonds is 4. The van der Waals surface area contributed by atoms with Crippen molar-refractivity contribution in [1.29, 1.82) is 5.26 Å². The van der Waals surface area contributed by atoms with Crippen LogP contribution < -0.4 is 0 Å². The number of pyridine rings is 1. The lowest BCUT2D eigenvalue weighted by Gasteiger charge is -2.00. The molecule has 0 aliphatic carbocycles. The molecule has 0 amide bonds. The second kappa shape index (κ2) is 6.02. The predicted molar refractivity (Wildman–Crippen MR) is 86.4 cm³/mol. The van der Waals surface area contributed by atoms with Crippen LogP contribution in [0.25, 0.3) is 16.9 Å². The summed E-state index contributed by atoms with van der Waals surface area (Å²) in [6.45, 7) is 2.19. The molecule has 0 unspecified atom stereocenters. The molecule has 0 atom stereocenters. The van der Waals surface area contributed by atoms with E-state index in [1.165, 1.54) is 11.3 Å². The van der Waals surface area contributed by atoms with E-state index >= 15 is 0 Å². The minimum atomic E-state index is 0.667. The molecule has 2 heterocycles. The average molecular weight is 293 g/mol. The summed E-state index contributed by atoms with van der Waals surface area (Å²) in [6.07, 6.45) is 5.33. The maximum absolute atomic E-state index is 8.84. The summed E-state index contributed by atoms with van der Waals surface area (Å²) in [6, 6.07) is 13.8. The molecule has 1 aromatic carbocycles. The van der Waals surface area contributed by atoms with Gasteiger partial charge in [-0.15, -0.1) is 11.8 Å². The molecule has 104 valence electrons. The predicted octanol–water partition coefficient (Wildman–Crippen LogP) is 4.38. The Morgan fingerprint density at radius 2 is 1.95 bits per heavy atom. The van der Waals surface area contributed by atoms with Crippen molar-refractivity contribution in [3.8, 4) is 17.3 Å². The Bertz CT molecular complexity index is 797. The van der Waals surface area contributed by atoms with Gasteiger partial charge < -0.3 is 4.40 Å². The summed E-state index contributed by atoms with van der Waals surface area (Å²) in [5, 5.41) is 8.84. The first kappa shape index (κ1) is 13.7. The maximum Gasteiger partial charge on any atom is 0.137 e. The van der Waals surface area contributed by atoms with Gasteiger partial charge in [-0.25, -0.2) is 4.98 Å². The van der Waals surface area contributed by atoms with Gasteiger partial charge in [-0.2, -0.15) is 5.26 Å². The lowest BCUT2D eigenvalue weighted by molar-refractivity contribution is 1.09. The molecule has 21 heavy (non-hydrogen) atoms. The molecule has 0 spiro atoms. The molecule has 0 aliphatic heterocycles. The third kappa shape index (κ3) is 2.93. The minimum Gasteiger partial charge on any atom is -0.305 e. The van der Waals surface area contributed by atoms with E-state index in [4.69, 9.17) is 5.26 Å². The zero-order valence-electron chi connectivity index (χ0n) is 11.8. The van der Waals surface area contributed by atoms with Crippen molar-refractivity contribution in [2.75, 3.05) is 5.75 Å². The molecule has 3 aromatic rings. The van der Waals surface area contributed by atoms with E-state index in [9.17, 15) is 0 Å². The average Bonchev–Trinajstić information content (AvgIpc) is 2.96. The highest BCUT2D eigenvalue weighted by molar-refractivity contribution is 7.99. The van der Waals surface area contributed by atoms with Crippen LogP contribution in [0.1, 0.15) is 18.9 Å². The van der Waals surface area contributed by atoms with E-state index in [1.807, 2.05) is 48.3 Å². The Hall–Kier alpha value is -2.25. The topological polar surface area (TPSA) is 41.1 Å². The molecule has 3 nitrogen and oxygen atoms in total. The third-order valence-electron chi connectivity index (χ3n) is 3.21. The third-order valence-corrected chi connectivity index (χ3v) is 4.39. The molecule has 0 saturated heterocycles. The summed E-state index contributed by atoms with van der Waals surface area (Å²) < 4.78 is 2.06. The van der Waals surface area contributed by atoms with E-state index in [-0.39, 0.29) is 0 Å². The molecule has 0 fully saturated rings. The Labute approximate surface area is 128 Å². The Kier molecular flexibility index (Phi) is 3.94. The van der Waals surface area contributed by atoms with Crippen molar-refractivity contribution in [1.82, 2.24) is 9.38 Å². The van der Waals surface area contributed by atoms with Crippen LogP contribution >= 0.6 is 11.8 Å². The number of hydrogen-bond acceptors (Lipinski definition) is 3. The van der Waals surface area contributed by atoms with Gasteiger partial charge in [0, 0.05) is 22.9 Å². The smallest absolute Gasteiger partial charge is 0.137 e. The molecule has 3 rings (SSSR count). The summed E-state index contributed by atoms with van der Waals surface area (Å²) in [7, 11) is 0. The fourth-order valence-electron chi connectivity index (χ4n) is 2.13. The van der Waals surface area contributed by atoms with Crippen LogP contribution in [0, 0.1) is 11.3 Å². The highest BCUT2D eigenvalue weighted by atomic mass is 32.2. The summed E-state index contributed by atoms with van der Waals surface area (Å²) >= 11 is 1.86. The monoisotopic (exact) mass is 293 g/mol. The van der Waals surface area contributed by atoms with E-state index < -0.39 is 0 Å². The van der Waals surface area contributed by atoms with Gasteiger partial charge in [0.2, 0.25) is 0 Å². The lowest BCUT2D eigenvalue weighted by Crippen LogP contribution is -1.84. The molecule has 0 N–H and O–H groups in total. The fraction of sp³-hybridized carbons (Fsp3) is 0.176. The van der Waals surface area contributed by atoms with Crippen LogP contribution in [0.3, 0.4) is 0 Å². The van der Waals surface area contributed by atoms with Gasteiger partial charge in [0.1, 0.15) is 5.65 Å². The first-order valence-electron chi connectivity index (χ1n) is 6.92. The number of thioether (sulfide) groups is 1. The summed E-state index contributed by atoms with van der Waals surface area (Å²) in [5.41, 5.74) is 3.56. The van der Waals surface area contributed by atoms with Crippen molar-refractivity contribution in [2.24, 2.45) is 0 Å². The van der Waals surface area contributed by atoms with Crippen LogP contribution in [-0.2, 0) is 0 Å². The molecule has 4 heteroatoms. The Morgan fingerprint density at radius 3 is 2.67 bits per heavy atom. The zero-order valence-corrected chi connectivity index (χ0v) is 12.6. The Balaban J connectivity index is 1.94. The number of hydrogen-bond donors (Lipinski definition) is 0. The maximum atomic E-state index is 8.84. The van der Waals surface area contributed by atoms with Gasteiger partial charge >= 0.3 is 0 Å². The highest BCUT2D eigenvalue weighted by Gasteiger charge is 2.05. The molecule has 0 aliphatic rings. The second-order valence-electron chi connectivity index (χ2n) is 4.79. The van der Waals surface area contributed by atoms with Crippen LogP contribution in [0.4, 0.5) is 0 Å². The van der Waals surface area contributed by atoms with Gasteiger partial charge in [-0.05, 0) is 36.4 Å². The molecular weight excluding hydrogens is 278 g/mol. The second-order valence-corrected chi connectivity index (χ2v) is 5.96. The molecular formula is C17H15N3S. The summed E-state index contributed by atoms with van der Waals surface area (Å²) in [4.78, 5) is 5.89. The van der Waals surface area contributed by atoms with Crippen molar-refractivity contribution in [3.05, 3.63) is 54.4 Å². The largest absolute Gasteiger partial charge is 0.305 e. The number of nitrogens with zero attached hydrogens (tertiary/aromatic N) is 3. The molecule has 2 aromatic heterocycles. The minimum absolute atomic E-state index is 0.667. The van der Waals surface area contributed by atoms with Gasteiger partial charge in [0.15, 0.2) is 0 Å². The molecule has 0 saturated carbocycles. The normalized spacial score (nSPS) is 10.7. The van der Waals surface area contributed by atoms with Crippen LogP contribution in [0.15, 0.2) is 53.7 Å². The summed E-state index contributed by atoms with van der Waals surface area (Å²) in [5.74, 6) is 1.13. The van der Waals surface area contributed by atoms with E-state index in [1.54, 1.807) is 0 Å².